The summed E-state index contributed by atoms with van der Waals surface area (Å²) in [6.07, 6.45) is 4.66. The first-order chi connectivity index (χ1) is 10.2. The molecule has 2 N–H and O–H groups in total. The van der Waals surface area contributed by atoms with Crippen LogP contribution in [0.4, 0.5) is 11.6 Å². The van der Waals surface area contributed by atoms with Gasteiger partial charge >= 0.3 is 0 Å². The van der Waals surface area contributed by atoms with Crippen molar-refractivity contribution in [2.45, 2.75) is 51.4 Å². The lowest BCUT2D eigenvalue weighted by molar-refractivity contribution is 0.108. The minimum absolute atomic E-state index is 0.362. The summed E-state index contributed by atoms with van der Waals surface area (Å²) in [5, 5.41) is 6.80. The van der Waals surface area contributed by atoms with Gasteiger partial charge in [-0.2, -0.15) is 0 Å². The van der Waals surface area contributed by atoms with Gasteiger partial charge in [0.2, 0.25) is 0 Å². The Labute approximate surface area is 126 Å². The lowest BCUT2D eigenvalue weighted by Crippen LogP contribution is -2.19. The molecule has 2 unspecified atom stereocenters. The summed E-state index contributed by atoms with van der Waals surface area (Å²) in [5.74, 6) is 2.41. The molecule has 1 aromatic heterocycles. The van der Waals surface area contributed by atoms with Crippen molar-refractivity contribution in [3.05, 3.63) is 11.9 Å². The SMILES string of the molecule is CCCNc1cc(NC2CCC(OC)C2)nc(COC)n1. The molecule has 6 heteroatoms. The molecule has 2 rings (SSSR count). The summed E-state index contributed by atoms with van der Waals surface area (Å²) in [5.41, 5.74) is 0. The summed E-state index contributed by atoms with van der Waals surface area (Å²) in [4.78, 5) is 8.97. The number of hydrogen-bond acceptors (Lipinski definition) is 6. The molecule has 2 atom stereocenters. The van der Waals surface area contributed by atoms with Gasteiger partial charge in [-0.25, -0.2) is 9.97 Å². The van der Waals surface area contributed by atoms with Crippen LogP contribution in [0.3, 0.4) is 0 Å². The predicted molar refractivity (Wildman–Crippen MR) is 83.6 cm³/mol. The molecule has 0 spiro atoms. The Morgan fingerprint density at radius 3 is 2.71 bits per heavy atom. The lowest BCUT2D eigenvalue weighted by Gasteiger charge is -2.15. The largest absolute Gasteiger partial charge is 0.381 e. The second-order valence-corrected chi connectivity index (χ2v) is 5.43. The Bertz CT molecular complexity index is 442. The minimum Gasteiger partial charge on any atom is -0.381 e. The predicted octanol–water partition coefficient (Wildman–Crippen LogP) is 2.42. The molecule has 0 aromatic carbocycles. The van der Waals surface area contributed by atoms with Crippen molar-refractivity contribution in [2.75, 3.05) is 31.4 Å². The maximum absolute atomic E-state index is 5.41. The average Bonchev–Trinajstić information content (AvgIpc) is 2.93. The molecule has 1 fully saturated rings. The summed E-state index contributed by atoms with van der Waals surface area (Å²) in [7, 11) is 3.43. The fraction of sp³-hybridized carbons (Fsp3) is 0.733. The third-order valence-corrected chi connectivity index (χ3v) is 3.67. The molecule has 6 nitrogen and oxygen atoms in total. The van der Waals surface area contributed by atoms with E-state index >= 15 is 0 Å². The van der Waals surface area contributed by atoms with Crippen molar-refractivity contribution < 1.29 is 9.47 Å². The van der Waals surface area contributed by atoms with Crippen molar-refractivity contribution in [1.29, 1.82) is 0 Å². The van der Waals surface area contributed by atoms with Gasteiger partial charge in [-0.15, -0.1) is 0 Å². The van der Waals surface area contributed by atoms with Crippen LogP contribution in [0.5, 0.6) is 0 Å². The first kappa shape index (κ1) is 16.0. The Morgan fingerprint density at radius 1 is 1.24 bits per heavy atom. The fourth-order valence-electron chi connectivity index (χ4n) is 2.60. The molecule has 1 saturated carbocycles. The van der Waals surface area contributed by atoms with Gasteiger partial charge in [0, 0.05) is 32.9 Å². The molecule has 118 valence electrons. The van der Waals surface area contributed by atoms with Gasteiger partial charge in [-0.3, -0.25) is 0 Å². The van der Waals surface area contributed by atoms with E-state index in [-0.39, 0.29) is 0 Å². The van der Waals surface area contributed by atoms with Gasteiger partial charge in [-0.05, 0) is 25.7 Å². The number of ether oxygens (including phenoxy) is 2. The van der Waals surface area contributed by atoms with Gasteiger partial charge in [0.25, 0.3) is 0 Å². The van der Waals surface area contributed by atoms with Gasteiger partial charge in [0.15, 0.2) is 5.82 Å². The first-order valence-electron chi connectivity index (χ1n) is 7.65. The minimum atomic E-state index is 0.362. The van der Waals surface area contributed by atoms with Crippen LogP contribution in [0, 0.1) is 0 Å². The van der Waals surface area contributed by atoms with Gasteiger partial charge in [0.05, 0.1) is 6.10 Å². The maximum atomic E-state index is 5.41. The first-order valence-corrected chi connectivity index (χ1v) is 7.65. The van der Waals surface area contributed by atoms with E-state index in [1.165, 1.54) is 0 Å². The zero-order valence-corrected chi connectivity index (χ0v) is 13.2. The summed E-state index contributed by atoms with van der Waals surface area (Å²) >= 11 is 0. The van der Waals surface area contributed by atoms with E-state index in [0.29, 0.717) is 24.6 Å². The molecule has 1 aromatic rings. The van der Waals surface area contributed by atoms with Gasteiger partial charge < -0.3 is 20.1 Å². The normalized spacial score (nSPS) is 21.5. The van der Waals surface area contributed by atoms with Crippen molar-refractivity contribution in [2.24, 2.45) is 0 Å². The standard InChI is InChI=1S/C15H26N4O2/c1-4-7-16-13-9-14(19-15(18-13)10-20-2)17-11-5-6-12(8-11)21-3/h9,11-12H,4-8,10H2,1-3H3,(H2,16,17,18,19). The van der Waals surface area contributed by atoms with E-state index in [1.54, 1.807) is 14.2 Å². The van der Waals surface area contributed by atoms with E-state index in [2.05, 4.69) is 27.5 Å². The van der Waals surface area contributed by atoms with Crippen LogP contribution in [0.25, 0.3) is 0 Å². The van der Waals surface area contributed by atoms with E-state index in [9.17, 15) is 0 Å². The molecule has 0 aliphatic heterocycles. The monoisotopic (exact) mass is 294 g/mol. The Balaban J connectivity index is 2.04. The maximum Gasteiger partial charge on any atom is 0.158 e. The van der Waals surface area contributed by atoms with Crippen LogP contribution in [0.1, 0.15) is 38.4 Å². The second-order valence-electron chi connectivity index (χ2n) is 5.43. The van der Waals surface area contributed by atoms with Crippen LogP contribution in [-0.4, -0.2) is 42.9 Å². The summed E-state index contributed by atoms with van der Waals surface area (Å²) < 4.78 is 10.6. The van der Waals surface area contributed by atoms with Crippen LogP contribution in [0.15, 0.2) is 6.07 Å². The quantitative estimate of drug-likeness (QED) is 0.767. The molecule has 0 saturated heterocycles. The number of hydrogen-bond donors (Lipinski definition) is 2. The average molecular weight is 294 g/mol. The third-order valence-electron chi connectivity index (χ3n) is 3.67. The molecule has 0 radical (unpaired) electrons. The Kier molecular flexibility index (Phi) is 6.20. The molecule has 1 aliphatic rings. The molecule has 0 amide bonds. The van der Waals surface area contributed by atoms with Crippen molar-refractivity contribution in [1.82, 2.24) is 9.97 Å². The van der Waals surface area contributed by atoms with E-state index in [1.807, 2.05) is 6.07 Å². The second kappa shape index (κ2) is 8.14. The summed E-state index contributed by atoms with van der Waals surface area (Å²) in [6.45, 7) is 3.45. The summed E-state index contributed by atoms with van der Waals surface area (Å²) in [6, 6.07) is 2.38. The van der Waals surface area contributed by atoms with E-state index in [4.69, 9.17) is 9.47 Å². The molecule has 21 heavy (non-hydrogen) atoms. The third kappa shape index (κ3) is 4.82. The van der Waals surface area contributed by atoms with E-state index < -0.39 is 0 Å². The Morgan fingerprint density at radius 2 is 2.05 bits per heavy atom. The highest BCUT2D eigenvalue weighted by Gasteiger charge is 2.24. The van der Waals surface area contributed by atoms with Crippen LogP contribution < -0.4 is 10.6 Å². The van der Waals surface area contributed by atoms with Crippen molar-refractivity contribution >= 4 is 11.6 Å². The highest BCUT2D eigenvalue weighted by atomic mass is 16.5. The molecular weight excluding hydrogens is 268 g/mol. The highest BCUT2D eigenvalue weighted by Crippen LogP contribution is 2.25. The zero-order valence-electron chi connectivity index (χ0n) is 13.2. The van der Waals surface area contributed by atoms with Gasteiger partial charge in [0.1, 0.15) is 18.2 Å². The fourth-order valence-corrected chi connectivity index (χ4v) is 2.60. The zero-order chi connectivity index (χ0) is 15.1. The van der Waals surface area contributed by atoms with E-state index in [0.717, 1.165) is 43.9 Å². The van der Waals surface area contributed by atoms with Crippen molar-refractivity contribution in [3.8, 4) is 0 Å². The van der Waals surface area contributed by atoms with Crippen LogP contribution in [-0.2, 0) is 16.1 Å². The van der Waals surface area contributed by atoms with Gasteiger partial charge in [-0.1, -0.05) is 6.92 Å². The number of nitrogens with zero attached hydrogens (tertiary/aromatic N) is 2. The van der Waals surface area contributed by atoms with Crippen LogP contribution >= 0.6 is 0 Å². The smallest absolute Gasteiger partial charge is 0.158 e. The number of aromatic nitrogens is 2. The molecule has 0 bridgehead atoms. The number of anilines is 2. The van der Waals surface area contributed by atoms with Crippen molar-refractivity contribution in [3.63, 3.8) is 0 Å². The van der Waals surface area contributed by atoms with Crippen LogP contribution in [0.2, 0.25) is 0 Å². The topological polar surface area (TPSA) is 68.3 Å². The molecule has 1 aliphatic carbocycles. The molecule has 1 heterocycles. The lowest BCUT2D eigenvalue weighted by atomic mass is 10.2. The highest BCUT2D eigenvalue weighted by molar-refractivity contribution is 5.48. The number of rotatable bonds is 8. The Hall–Kier alpha value is -1.40. The molecular formula is C15H26N4O2. The number of nitrogens with one attached hydrogen (secondary N) is 2. The number of methoxy groups -OCH3 is 2.